The SMILES string of the molecule is Clc1cc2sc(C3CC3)nc2cn1. The van der Waals surface area contributed by atoms with Gasteiger partial charge in [0.25, 0.3) is 0 Å². The van der Waals surface area contributed by atoms with Gasteiger partial charge in [-0.05, 0) is 18.9 Å². The van der Waals surface area contributed by atoms with Crippen molar-refractivity contribution in [3.63, 3.8) is 0 Å². The summed E-state index contributed by atoms with van der Waals surface area (Å²) >= 11 is 7.54. The molecule has 2 aromatic heterocycles. The number of pyridine rings is 1. The predicted octanol–water partition coefficient (Wildman–Crippen LogP) is 3.22. The summed E-state index contributed by atoms with van der Waals surface area (Å²) < 4.78 is 1.15. The molecule has 1 fully saturated rings. The van der Waals surface area contributed by atoms with Crippen LogP contribution in [0.3, 0.4) is 0 Å². The Labute approximate surface area is 84.6 Å². The van der Waals surface area contributed by atoms with Crippen LogP contribution in [-0.4, -0.2) is 9.97 Å². The summed E-state index contributed by atoms with van der Waals surface area (Å²) in [5.74, 6) is 0.719. The van der Waals surface area contributed by atoms with Gasteiger partial charge in [-0.1, -0.05) is 11.6 Å². The van der Waals surface area contributed by atoms with Gasteiger partial charge in [0.1, 0.15) is 5.15 Å². The van der Waals surface area contributed by atoms with Gasteiger partial charge < -0.3 is 0 Å². The second-order valence-electron chi connectivity index (χ2n) is 3.30. The summed E-state index contributed by atoms with van der Waals surface area (Å²) in [6, 6.07) is 1.89. The van der Waals surface area contributed by atoms with Crippen molar-refractivity contribution in [1.82, 2.24) is 9.97 Å². The zero-order chi connectivity index (χ0) is 8.84. The van der Waals surface area contributed by atoms with E-state index in [-0.39, 0.29) is 0 Å². The van der Waals surface area contributed by atoms with Crippen molar-refractivity contribution in [2.75, 3.05) is 0 Å². The average molecular weight is 211 g/mol. The number of hydrogen-bond acceptors (Lipinski definition) is 3. The van der Waals surface area contributed by atoms with Gasteiger partial charge in [-0.15, -0.1) is 11.3 Å². The van der Waals surface area contributed by atoms with Gasteiger partial charge in [-0.25, -0.2) is 9.97 Å². The minimum absolute atomic E-state index is 0.554. The van der Waals surface area contributed by atoms with Crippen LogP contribution < -0.4 is 0 Å². The van der Waals surface area contributed by atoms with E-state index in [1.807, 2.05) is 6.07 Å². The Bertz CT molecular complexity index is 462. The fourth-order valence-corrected chi connectivity index (χ4v) is 2.70. The highest BCUT2D eigenvalue weighted by Gasteiger charge is 2.26. The molecule has 4 heteroatoms. The Balaban J connectivity index is 2.20. The Morgan fingerprint density at radius 1 is 1.46 bits per heavy atom. The van der Waals surface area contributed by atoms with Crippen molar-refractivity contribution >= 4 is 33.2 Å². The standard InChI is InChI=1S/C9H7ClN2S/c10-8-3-7-6(4-11-8)12-9(13-7)5-1-2-5/h3-5H,1-2H2. The highest BCUT2D eigenvalue weighted by atomic mass is 35.5. The van der Waals surface area contributed by atoms with Crippen LogP contribution in [0.25, 0.3) is 10.2 Å². The number of rotatable bonds is 1. The van der Waals surface area contributed by atoms with Crippen molar-refractivity contribution in [1.29, 1.82) is 0 Å². The third-order valence-corrected chi connectivity index (χ3v) is 3.57. The molecule has 0 aromatic carbocycles. The first-order chi connectivity index (χ1) is 6.33. The summed E-state index contributed by atoms with van der Waals surface area (Å²) in [6.45, 7) is 0. The van der Waals surface area contributed by atoms with Crippen LogP contribution in [0.2, 0.25) is 5.15 Å². The minimum atomic E-state index is 0.554. The fourth-order valence-electron chi connectivity index (χ4n) is 1.33. The predicted molar refractivity (Wildman–Crippen MR) is 54.4 cm³/mol. The lowest BCUT2D eigenvalue weighted by Crippen LogP contribution is -1.75. The maximum absolute atomic E-state index is 5.79. The van der Waals surface area contributed by atoms with Crippen LogP contribution in [0.5, 0.6) is 0 Å². The number of thiazole rings is 1. The first-order valence-corrected chi connectivity index (χ1v) is 5.44. The van der Waals surface area contributed by atoms with E-state index in [2.05, 4.69) is 9.97 Å². The van der Waals surface area contributed by atoms with Gasteiger partial charge in [-0.2, -0.15) is 0 Å². The summed E-state index contributed by atoms with van der Waals surface area (Å²) in [5, 5.41) is 1.80. The normalized spacial score (nSPS) is 16.7. The zero-order valence-corrected chi connectivity index (χ0v) is 8.40. The van der Waals surface area contributed by atoms with Gasteiger partial charge in [0.15, 0.2) is 0 Å². The summed E-state index contributed by atoms with van der Waals surface area (Å²) in [4.78, 5) is 8.52. The van der Waals surface area contributed by atoms with Crippen LogP contribution in [0.1, 0.15) is 23.8 Å². The molecule has 2 heterocycles. The molecular weight excluding hydrogens is 204 g/mol. The fraction of sp³-hybridized carbons (Fsp3) is 0.333. The van der Waals surface area contributed by atoms with Gasteiger partial charge in [0.2, 0.25) is 0 Å². The molecule has 2 aromatic rings. The maximum Gasteiger partial charge on any atom is 0.130 e. The zero-order valence-electron chi connectivity index (χ0n) is 6.83. The number of hydrogen-bond donors (Lipinski definition) is 0. The lowest BCUT2D eigenvalue weighted by atomic mass is 10.4. The van der Waals surface area contributed by atoms with Crippen LogP contribution in [-0.2, 0) is 0 Å². The van der Waals surface area contributed by atoms with Crippen LogP contribution in [0.15, 0.2) is 12.3 Å². The van der Waals surface area contributed by atoms with Gasteiger partial charge in [0, 0.05) is 5.92 Å². The van der Waals surface area contributed by atoms with Crippen molar-refractivity contribution < 1.29 is 0 Å². The Hall–Kier alpha value is -0.670. The molecule has 1 aliphatic carbocycles. The molecule has 3 rings (SSSR count). The van der Waals surface area contributed by atoms with Crippen molar-refractivity contribution in [2.45, 2.75) is 18.8 Å². The largest absolute Gasteiger partial charge is 0.242 e. The second kappa shape index (κ2) is 2.66. The number of nitrogens with zero attached hydrogens (tertiary/aromatic N) is 2. The molecule has 0 atom stereocenters. The van der Waals surface area contributed by atoms with E-state index in [0.29, 0.717) is 5.15 Å². The molecule has 0 radical (unpaired) electrons. The third-order valence-electron chi connectivity index (χ3n) is 2.18. The monoisotopic (exact) mass is 210 g/mol. The Kier molecular flexibility index (Phi) is 1.58. The lowest BCUT2D eigenvalue weighted by molar-refractivity contribution is 1.09. The minimum Gasteiger partial charge on any atom is -0.242 e. The van der Waals surface area contributed by atoms with E-state index in [9.17, 15) is 0 Å². The number of aromatic nitrogens is 2. The van der Waals surface area contributed by atoms with Crippen molar-refractivity contribution in [3.05, 3.63) is 22.4 Å². The molecule has 0 saturated heterocycles. The van der Waals surface area contributed by atoms with Gasteiger partial charge in [-0.3, -0.25) is 0 Å². The molecule has 0 bridgehead atoms. The molecule has 0 unspecified atom stereocenters. The number of halogens is 1. The lowest BCUT2D eigenvalue weighted by Gasteiger charge is -1.85. The highest BCUT2D eigenvalue weighted by Crippen LogP contribution is 2.43. The quantitative estimate of drug-likeness (QED) is 0.676. The first kappa shape index (κ1) is 7.71. The van der Waals surface area contributed by atoms with Crippen LogP contribution in [0, 0.1) is 0 Å². The van der Waals surface area contributed by atoms with E-state index >= 15 is 0 Å². The molecule has 2 nitrogen and oxygen atoms in total. The second-order valence-corrected chi connectivity index (χ2v) is 4.75. The topological polar surface area (TPSA) is 25.8 Å². The molecule has 0 amide bonds. The van der Waals surface area contributed by atoms with E-state index in [4.69, 9.17) is 11.6 Å². The van der Waals surface area contributed by atoms with Crippen LogP contribution >= 0.6 is 22.9 Å². The van der Waals surface area contributed by atoms with E-state index < -0.39 is 0 Å². The first-order valence-electron chi connectivity index (χ1n) is 4.25. The van der Waals surface area contributed by atoms with E-state index in [0.717, 1.165) is 16.1 Å². The average Bonchev–Trinajstić information content (AvgIpc) is 2.87. The van der Waals surface area contributed by atoms with E-state index in [1.54, 1.807) is 17.5 Å². The van der Waals surface area contributed by atoms with Gasteiger partial charge in [0.05, 0.1) is 21.4 Å². The highest BCUT2D eigenvalue weighted by molar-refractivity contribution is 7.18. The van der Waals surface area contributed by atoms with Crippen molar-refractivity contribution in [3.8, 4) is 0 Å². The molecule has 66 valence electrons. The molecule has 1 saturated carbocycles. The molecular formula is C9H7ClN2S. The molecule has 0 aliphatic heterocycles. The maximum atomic E-state index is 5.79. The Morgan fingerprint density at radius 3 is 3.08 bits per heavy atom. The van der Waals surface area contributed by atoms with E-state index in [1.165, 1.54) is 17.8 Å². The smallest absolute Gasteiger partial charge is 0.130 e. The third kappa shape index (κ3) is 1.32. The summed E-state index contributed by atoms with van der Waals surface area (Å²) in [7, 11) is 0. The molecule has 13 heavy (non-hydrogen) atoms. The molecule has 0 spiro atoms. The number of fused-ring (bicyclic) bond motifs is 1. The molecule has 1 aliphatic rings. The van der Waals surface area contributed by atoms with Crippen molar-refractivity contribution in [2.24, 2.45) is 0 Å². The Morgan fingerprint density at radius 2 is 2.31 bits per heavy atom. The van der Waals surface area contributed by atoms with Gasteiger partial charge >= 0.3 is 0 Å². The van der Waals surface area contributed by atoms with Crippen LogP contribution in [0.4, 0.5) is 0 Å². The molecule has 0 N–H and O–H groups in total. The summed E-state index contributed by atoms with van der Waals surface area (Å²) in [6.07, 6.45) is 4.34. The summed E-state index contributed by atoms with van der Waals surface area (Å²) in [5.41, 5.74) is 0.983.